The molecule has 1 aromatic carbocycles. The van der Waals surface area contributed by atoms with Crippen molar-refractivity contribution in [3.05, 3.63) is 41.4 Å². The van der Waals surface area contributed by atoms with E-state index in [2.05, 4.69) is 19.9 Å². The summed E-state index contributed by atoms with van der Waals surface area (Å²) in [6.07, 6.45) is 1.61. The van der Waals surface area contributed by atoms with Crippen LogP contribution in [0.25, 0.3) is 0 Å². The van der Waals surface area contributed by atoms with E-state index in [0.717, 1.165) is 55.9 Å². The van der Waals surface area contributed by atoms with E-state index < -0.39 is 0 Å². The van der Waals surface area contributed by atoms with Crippen LogP contribution >= 0.6 is 11.6 Å². The van der Waals surface area contributed by atoms with Crippen LogP contribution in [-0.4, -0.2) is 63.9 Å². The largest absolute Gasteiger partial charge is 0.492 e. The van der Waals surface area contributed by atoms with Gasteiger partial charge < -0.3 is 4.74 Å². The van der Waals surface area contributed by atoms with Crippen molar-refractivity contribution >= 4 is 11.6 Å². The van der Waals surface area contributed by atoms with E-state index in [1.165, 1.54) is 0 Å². The van der Waals surface area contributed by atoms with Crippen molar-refractivity contribution in [2.75, 3.05) is 39.3 Å². The molecule has 0 amide bonds. The van der Waals surface area contributed by atoms with Crippen LogP contribution in [0.1, 0.15) is 5.82 Å². The average Bonchev–Trinajstić information content (AvgIpc) is 2.96. The standard InChI is InChI=1S/C16H22ClN5O/c1-20-16(18-13-19-20)12-22-8-6-21(7-9-22)10-11-23-15-4-2-14(17)3-5-15/h2-5,13H,6-12H2,1H3. The van der Waals surface area contributed by atoms with Crippen molar-refractivity contribution < 1.29 is 4.74 Å². The molecule has 3 rings (SSSR count). The van der Waals surface area contributed by atoms with Crippen LogP contribution in [-0.2, 0) is 13.6 Å². The van der Waals surface area contributed by atoms with Gasteiger partial charge in [0.1, 0.15) is 24.5 Å². The van der Waals surface area contributed by atoms with Crippen molar-refractivity contribution in [2.45, 2.75) is 6.54 Å². The van der Waals surface area contributed by atoms with E-state index >= 15 is 0 Å². The zero-order valence-electron chi connectivity index (χ0n) is 13.4. The molecule has 1 aliphatic rings. The molecule has 7 heteroatoms. The lowest BCUT2D eigenvalue weighted by molar-refractivity contribution is 0.110. The molecule has 1 saturated heterocycles. The number of nitrogens with zero attached hydrogens (tertiary/aromatic N) is 5. The van der Waals surface area contributed by atoms with Gasteiger partial charge in [-0.1, -0.05) is 11.6 Å². The average molecular weight is 336 g/mol. The Morgan fingerprint density at radius 1 is 1.09 bits per heavy atom. The number of rotatable bonds is 6. The molecule has 1 fully saturated rings. The number of ether oxygens (including phenoxy) is 1. The van der Waals surface area contributed by atoms with Crippen LogP contribution < -0.4 is 4.74 Å². The molecule has 2 heterocycles. The summed E-state index contributed by atoms with van der Waals surface area (Å²) in [6, 6.07) is 7.51. The summed E-state index contributed by atoms with van der Waals surface area (Å²) in [6.45, 7) is 6.72. The number of aromatic nitrogens is 3. The fourth-order valence-electron chi connectivity index (χ4n) is 2.66. The Labute approximate surface area is 141 Å². The molecule has 23 heavy (non-hydrogen) atoms. The van der Waals surface area contributed by atoms with Gasteiger partial charge in [-0.15, -0.1) is 0 Å². The van der Waals surface area contributed by atoms with Gasteiger partial charge >= 0.3 is 0 Å². The maximum absolute atomic E-state index is 5.86. The highest BCUT2D eigenvalue weighted by molar-refractivity contribution is 6.30. The van der Waals surface area contributed by atoms with Gasteiger partial charge in [0.2, 0.25) is 0 Å². The highest BCUT2D eigenvalue weighted by atomic mass is 35.5. The fourth-order valence-corrected chi connectivity index (χ4v) is 2.78. The summed E-state index contributed by atoms with van der Waals surface area (Å²) in [5.74, 6) is 1.89. The first-order chi connectivity index (χ1) is 11.2. The van der Waals surface area contributed by atoms with Crippen LogP contribution in [0.4, 0.5) is 0 Å². The van der Waals surface area contributed by atoms with Crippen molar-refractivity contribution in [3.8, 4) is 5.75 Å². The Bertz CT molecular complexity index is 607. The van der Waals surface area contributed by atoms with Gasteiger partial charge in [-0.3, -0.25) is 14.5 Å². The third kappa shape index (κ3) is 4.67. The molecule has 0 radical (unpaired) electrons. The molecule has 0 bridgehead atoms. The smallest absolute Gasteiger partial charge is 0.140 e. The number of aryl methyl sites for hydroxylation is 1. The minimum absolute atomic E-state index is 0.699. The van der Waals surface area contributed by atoms with Crippen molar-refractivity contribution in [1.29, 1.82) is 0 Å². The summed E-state index contributed by atoms with van der Waals surface area (Å²) in [4.78, 5) is 9.14. The SMILES string of the molecule is Cn1ncnc1CN1CCN(CCOc2ccc(Cl)cc2)CC1. The van der Waals surface area contributed by atoms with Crippen LogP contribution in [0.15, 0.2) is 30.6 Å². The molecule has 2 aromatic rings. The van der Waals surface area contributed by atoms with Gasteiger partial charge in [0.25, 0.3) is 0 Å². The monoisotopic (exact) mass is 335 g/mol. The van der Waals surface area contributed by atoms with Crippen molar-refractivity contribution in [1.82, 2.24) is 24.6 Å². The fraction of sp³-hybridized carbons (Fsp3) is 0.500. The summed E-state index contributed by atoms with van der Waals surface area (Å²) in [7, 11) is 1.94. The van der Waals surface area contributed by atoms with Crippen LogP contribution in [0.3, 0.4) is 0 Å². The van der Waals surface area contributed by atoms with Gasteiger partial charge in [-0.05, 0) is 24.3 Å². The molecular weight excluding hydrogens is 314 g/mol. The van der Waals surface area contributed by atoms with Gasteiger partial charge in [-0.25, -0.2) is 4.98 Å². The van der Waals surface area contributed by atoms with E-state index in [0.29, 0.717) is 6.61 Å². The number of piperazine rings is 1. The quantitative estimate of drug-likeness (QED) is 0.803. The molecular formula is C16H22ClN5O. The lowest BCUT2D eigenvalue weighted by Crippen LogP contribution is -2.47. The normalized spacial score (nSPS) is 16.6. The minimum Gasteiger partial charge on any atom is -0.492 e. The number of hydrogen-bond donors (Lipinski definition) is 0. The number of halogens is 1. The molecule has 6 nitrogen and oxygen atoms in total. The Morgan fingerprint density at radius 2 is 1.78 bits per heavy atom. The second kappa shape index (κ2) is 7.77. The van der Waals surface area contributed by atoms with Crippen LogP contribution in [0, 0.1) is 0 Å². The highest BCUT2D eigenvalue weighted by Gasteiger charge is 2.18. The lowest BCUT2D eigenvalue weighted by atomic mass is 10.3. The van der Waals surface area contributed by atoms with E-state index in [1.807, 2.05) is 36.0 Å². The van der Waals surface area contributed by atoms with E-state index in [-0.39, 0.29) is 0 Å². The van der Waals surface area contributed by atoms with E-state index in [1.54, 1.807) is 6.33 Å². The molecule has 1 aliphatic heterocycles. The summed E-state index contributed by atoms with van der Waals surface area (Å²) >= 11 is 5.86. The van der Waals surface area contributed by atoms with Crippen LogP contribution in [0.2, 0.25) is 5.02 Å². The molecule has 124 valence electrons. The predicted molar refractivity (Wildman–Crippen MR) is 89.7 cm³/mol. The summed E-state index contributed by atoms with van der Waals surface area (Å²) in [5.41, 5.74) is 0. The molecule has 0 N–H and O–H groups in total. The third-order valence-corrected chi connectivity index (χ3v) is 4.38. The molecule has 0 atom stereocenters. The summed E-state index contributed by atoms with van der Waals surface area (Å²) in [5, 5.41) is 4.85. The maximum atomic E-state index is 5.86. The number of hydrogen-bond acceptors (Lipinski definition) is 5. The Kier molecular flexibility index (Phi) is 5.48. The topological polar surface area (TPSA) is 46.4 Å². The first-order valence-electron chi connectivity index (χ1n) is 7.86. The second-order valence-corrected chi connectivity index (χ2v) is 6.16. The van der Waals surface area contributed by atoms with Gasteiger partial charge in [0.05, 0.1) is 6.54 Å². The van der Waals surface area contributed by atoms with Gasteiger partial charge in [0, 0.05) is 44.8 Å². The molecule has 0 unspecified atom stereocenters. The molecule has 1 aromatic heterocycles. The van der Waals surface area contributed by atoms with E-state index in [4.69, 9.17) is 16.3 Å². The third-order valence-electron chi connectivity index (χ3n) is 4.12. The van der Waals surface area contributed by atoms with E-state index in [9.17, 15) is 0 Å². The van der Waals surface area contributed by atoms with Crippen molar-refractivity contribution in [2.24, 2.45) is 7.05 Å². The molecule has 0 spiro atoms. The Balaban J connectivity index is 1.36. The van der Waals surface area contributed by atoms with Gasteiger partial charge in [0.15, 0.2) is 0 Å². The van der Waals surface area contributed by atoms with Crippen molar-refractivity contribution in [3.63, 3.8) is 0 Å². The number of benzene rings is 1. The van der Waals surface area contributed by atoms with Crippen LogP contribution in [0.5, 0.6) is 5.75 Å². The maximum Gasteiger partial charge on any atom is 0.140 e. The Hall–Kier alpha value is -1.63. The zero-order valence-corrected chi connectivity index (χ0v) is 14.1. The lowest BCUT2D eigenvalue weighted by Gasteiger charge is -2.34. The Morgan fingerprint density at radius 3 is 2.43 bits per heavy atom. The highest BCUT2D eigenvalue weighted by Crippen LogP contribution is 2.15. The predicted octanol–water partition coefficient (Wildman–Crippen LogP) is 1.67. The second-order valence-electron chi connectivity index (χ2n) is 5.72. The molecule has 0 aliphatic carbocycles. The minimum atomic E-state index is 0.699. The van der Waals surface area contributed by atoms with Gasteiger partial charge in [-0.2, -0.15) is 5.10 Å². The first-order valence-corrected chi connectivity index (χ1v) is 8.24. The first kappa shape index (κ1) is 16.2. The summed E-state index contributed by atoms with van der Waals surface area (Å²) < 4.78 is 7.60. The zero-order chi connectivity index (χ0) is 16.1. The molecule has 0 saturated carbocycles.